The summed E-state index contributed by atoms with van der Waals surface area (Å²) in [5.74, 6) is -0.184. The molecule has 10 heteroatoms. The van der Waals surface area contributed by atoms with Crippen LogP contribution >= 0.6 is 0 Å². The molecule has 3 N–H and O–H groups in total. The lowest BCUT2D eigenvalue weighted by atomic mass is 9.88. The molecule has 4 aromatic rings. The van der Waals surface area contributed by atoms with Crippen LogP contribution in [-0.2, 0) is 4.79 Å². The summed E-state index contributed by atoms with van der Waals surface area (Å²) >= 11 is 0. The van der Waals surface area contributed by atoms with Crippen molar-refractivity contribution in [3.8, 4) is 5.88 Å². The van der Waals surface area contributed by atoms with Crippen molar-refractivity contribution in [2.45, 2.75) is 25.4 Å². The van der Waals surface area contributed by atoms with Gasteiger partial charge in [0.05, 0.1) is 6.42 Å². The van der Waals surface area contributed by atoms with E-state index in [1.54, 1.807) is 67.7 Å². The number of hydrogen-bond donors (Lipinski definition) is 3. The largest absolute Gasteiger partial charge is 0.476 e. The fourth-order valence-electron chi connectivity index (χ4n) is 4.40. The number of carbonyl (C=O) groups excluding carboxylic acids is 1. The number of ether oxygens (including phenoxy) is 1. The summed E-state index contributed by atoms with van der Waals surface area (Å²) in [7, 11) is 1.60. The number of aromatic nitrogens is 2. The quantitative estimate of drug-likeness (QED) is 0.112. The van der Waals surface area contributed by atoms with E-state index in [9.17, 15) is 22.4 Å². The Labute approximate surface area is 229 Å². The van der Waals surface area contributed by atoms with E-state index in [1.807, 2.05) is 0 Å². The number of pyridine rings is 1. The van der Waals surface area contributed by atoms with E-state index in [1.165, 1.54) is 12.4 Å². The number of hydrogen-bond acceptors (Lipinski definition) is 4. The molecule has 0 atom stereocenters. The third kappa shape index (κ3) is 7.69. The van der Waals surface area contributed by atoms with Gasteiger partial charge in [-0.1, -0.05) is 36.4 Å². The Morgan fingerprint density at radius 3 is 2.48 bits per heavy atom. The van der Waals surface area contributed by atoms with Gasteiger partial charge in [-0.15, -0.1) is 0 Å². The minimum Gasteiger partial charge on any atom is -0.476 e. The van der Waals surface area contributed by atoms with Crippen LogP contribution < -0.4 is 15.4 Å². The van der Waals surface area contributed by atoms with E-state index in [2.05, 4.69) is 20.6 Å². The predicted molar refractivity (Wildman–Crippen MR) is 147 cm³/mol. The molecule has 0 saturated carbocycles. The smallest absolute Gasteiger partial charge is 0.393 e. The minimum absolute atomic E-state index is 0.0143. The molecule has 210 valence electrons. The van der Waals surface area contributed by atoms with Crippen LogP contribution in [0.4, 0.5) is 17.6 Å². The van der Waals surface area contributed by atoms with Crippen molar-refractivity contribution >= 4 is 28.0 Å². The first kappa shape index (κ1) is 28.8. The molecule has 0 bridgehead atoms. The molecule has 0 aliphatic rings. The Balaban J connectivity index is 1.62. The molecule has 0 aliphatic carbocycles. The fourth-order valence-corrected chi connectivity index (χ4v) is 4.40. The highest BCUT2D eigenvalue weighted by atomic mass is 19.4. The summed E-state index contributed by atoms with van der Waals surface area (Å²) in [6, 6.07) is 16.5. The van der Waals surface area contributed by atoms with Crippen LogP contribution in [0.3, 0.4) is 0 Å². The number of aromatic amines is 1. The van der Waals surface area contributed by atoms with Crippen molar-refractivity contribution in [1.82, 2.24) is 20.6 Å². The van der Waals surface area contributed by atoms with Crippen molar-refractivity contribution in [1.29, 1.82) is 0 Å². The average Bonchev–Trinajstić information content (AvgIpc) is 3.32. The summed E-state index contributed by atoms with van der Waals surface area (Å²) in [4.78, 5) is 18.4. The second-order valence-corrected chi connectivity index (χ2v) is 9.17. The Kier molecular flexibility index (Phi) is 9.55. The number of H-pyrrole nitrogens is 1. The molecule has 2 aromatic heterocycles. The van der Waals surface area contributed by atoms with Gasteiger partial charge in [-0.05, 0) is 53.4 Å². The van der Waals surface area contributed by atoms with Crippen LogP contribution in [0.15, 0.2) is 73.1 Å². The van der Waals surface area contributed by atoms with Crippen LogP contribution in [-0.4, -0.2) is 48.8 Å². The summed E-state index contributed by atoms with van der Waals surface area (Å²) in [5, 5.41) is 6.03. The number of nitrogens with zero attached hydrogens (tertiary/aromatic N) is 1. The van der Waals surface area contributed by atoms with Crippen LogP contribution in [0.1, 0.15) is 36.0 Å². The maximum absolute atomic E-state index is 14.4. The molecule has 6 nitrogen and oxygen atoms in total. The monoisotopic (exact) mass is 554 g/mol. The Morgan fingerprint density at radius 1 is 1.00 bits per heavy atom. The lowest BCUT2D eigenvalue weighted by molar-refractivity contribution is -0.123. The zero-order chi connectivity index (χ0) is 28.5. The maximum Gasteiger partial charge on any atom is 0.393 e. The lowest BCUT2D eigenvalue weighted by Crippen LogP contribution is -2.24. The molecule has 0 saturated heterocycles. The summed E-state index contributed by atoms with van der Waals surface area (Å²) in [6.45, 7) is 1.51. The highest BCUT2D eigenvalue weighted by Gasteiger charge is 2.31. The van der Waals surface area contributed by atoms with Gasteiger partial charge in [0.15, 0.2) is 0 Å². The van der Waals surface area contributed by atoms with Gasteiger partial charge >= 0.3 is 6.18 Å². The van der Waals surface area contributed by atoms with Crippen molar-refractivity contribution in [2.75, 3.05) is 26.7 Å². The SMILES string of the molecule is CNC(=O)CCCNCCOc1ccc(/C(=C(/CC(F)(F)F)c2ccccc2)c2ccc3[nH]cc(F)c3c2)cn1. The number of rotatable bonds is 12. The summed E-state index contributed by atoms with van der Waals surface area (Å²) < 4.78 is 61.7. The van der Waals surface area contributed by atoms with Crippen molar-refractivity contribution in [3.63, 3.8) is 0 Å². The number of nitrogens with one attached hydrogen (secondary N) is 3. The molecule has 1 amide bonds. The fraction of sp³-hybridized carbons (Fsp3) is 0.267. The normalized spacial score (nSPS) is 12.3. The van der Waals surface area contributed by atoms with E-state index in [0.29, 0.717) is 66.2 Å². The maximum atomic E-state index is 14.4. The van der Waals surface area contributed by atoms with E-state index in [0.717, 1.165) is 0 Å². The topological polar surface area (TPSA) is 79.0 Å². The first-order chi connectivity index (χ1) is 19.2. The molecule has 4 rings (SSSR count). The Morgan fingerprint density at radius 2 is 1.77 bits per heavy atom. The summed E-state index contributed by atoms with van der Waals surface area (Å²) in [5.41, 5.74) is 2.19. The highest BCUT2D eigenvalue weighted by Crippen LogP contribution is 2.40. The van der Waals surface area contributed by atoms with Crippen LogP contribution in [0.5, 0.6) is 5.88 Å². The van der Waals surface area contributed by atoms with Crippen molar-refractivity contribution in [2.24, 2.45) is 0 Å². The molecule has 0 unspecified atom stereocenters. The van der Waals surface area contributed by atoms with Crippen LogP contribution in [0.25, 0.3) is 22.0 Å². The molecular weight excluding hydrogens is 524 g/mol. The van der Waals surface area contributed by atoms with Gasteiger partial charge in [-0.25, -0.2) is 9.37 Å². The second-order valence-electron chi connectivity index (χ2n) is 9.17. The Hall–Kier alpha value is -4.18. The van der Waals surface area contributed by atoms with Crippen LogP contribution in [0.2, 0.25) is 0 Å². The summed E-state index contributed by atoms with van der Waals surface area (Å²) in [6.07, 6.45) is -1.84. The van der Waals surface area contributed by atoms with Crippen molar-refractivity contribution in [3.05, 3.63) is 95.6 Å². The zero-order valence-electron chi connectivity index (χ0n) is 21.9. The third-order valence-corrected chi connectivity index (χ3v) is 6.31. The average molecular weight is 555 g/mol. The number of amides is 1. The lowest BCUT2D eigenvalue weighted by Gasteiger charge is -2.19. The molecule has 0 aliphatic heterocycles. The molecule has 40 heavy (non-hydrogen) atoms. The third-order valence-electron chi connectivity index (χ3n) is 6.31. The van der Waals surface area contributed by atoms with Gasteiger partial charge in [0.1, 0.15) is 12.4 Å². The molecule has 0 spiro atoms. The second kappa shape index (κ2) is 13.3. The van der Waals surface area contributed by atoms with Gasteiger partial charge in [0, 0.05) is 54.9 Å². The van der Waals surface area contributed by atoms with E-state index >= 15 is 0 Å². The van der Waals surface area contributed by atoms with E-state index in [4.69, 9.17) is 4.74 Å². The number of alkyl halides is 3. The zero-order valence-corrected chi connectivity index (χ0v) is 21.9. The predicted octanol–water partition coefficient (Wildman–Crippen LogP) is 6.11. The molecule has 0 fully saturated rings. The molecule has 0 radical (unpaired) electrons. The first-order valence-corrected chi connectivity index (χ1v) is 12.9. The van der Waals surface area contributed by atoms with Gasteiger partial charge < -0.3 is 20.4 Å². The van der Waals surface area contributed by atoms with Gasteiger partial charge in [-0.2, -0.15) is 13.2 Å². The van der Waals surface area contributed by atoms with E-state index < -0.39 is 18.4 Å². The number of halogens is 4. The van der Waals surface area contributed by atoms with Gasteiger partial charge in [0.25, 0.3) is 0 Å². The van der Waals surface area contributed by atoms with Gasteiger partial charge in [-0.3, -0.25) is 4.79 Å². The van der Waals surface area contributed by atoms with Crippen molar-refractivity contribution < 1.29 is 27.1 Å². The number of benzene rings is 2. The highest BCUT2D eigenvalue weighted by molar-refractivity contribution is 6.00. The minimum atomic E-state index is -4.48. The standard InChI is InChI=1S/C30H30F4N4O2/c1-35-27(39)8-5-13-36-14-15-40-28-12-10-22(18-38-28)29(21-9-11-26-23(16-21)25(31)19-37-26)24(17-30(32,33)34)20-6-3-2-4-7-20/h2-4,6-7,9-12,16,18-19,36-37H,5,8,13-15,17H2,1H3,(H,35,39)/b29-24-. The number of fused-ring (bicyclic) bond motifs is 1. The molecule has 2 aromatic carbocycles. The van der Waals surface area contributed by atoms with Gasteiger partial charge in [0.2, 0.25) is 11.8 Å². The van der Waals surface area contributed by atoms with E-state index in [-0.39, 0.29) is 16.9 Å². The Bertz CT molecular complexity index is 1450. The first-order valence-electron chi connectivity index (χ1n) is 12.9. The molecule has 2 heterocycles. The molecular formula is C30H30F4N4O2. The number of allylic oxidation sites excluding steroid dienone is 1. The number of carbonyl (C=O) groups is 1. The van der Waals surface area contributed by atoms with Crippen LogP contribution in [0, 0.1) is 5.82 Å².